The Morgan fingerprint density at radius 1 is 1.43 bits per heavy atom. The molecule has 2 aromatic heterocycles. The minimum atomic E-state index is -0.121. The first-order valence-corrected chi connectivity index (χ1v) is 7.93. The normalized spacial score (nSPS) is 21.1. The molecule has 0 radical (unpaired) electrons. The predicted molar refractivity (Wildman–Crippen MR) is 86.9 cm³/mol. The van der Waals surface area contributed by atoms with E-state index in [0.717, 1.165) is 35.9 Å². The molecule has 0 saturated carbocycles. The summed E-state index contributed by atoms with van der Waals surface area (Å²) in [6, 6.07) is 1.89. The standard InChI is InChI=1S/C16H22N6O/c1-4-13-18-10(2)7-14(20-13)19-11-5-6-15(23)21-16(11)12-8-17-9-22(12)3/h7-9,11,16H,4-6H2,1-3H3,(H,21,23)(H,18,19,20)/t11-,16-/m1/s1. The van der Waals surface area contributed by atoms with Gasteiger partial charge in [0.1, 0.15) is 11.6 Å². The SMILES string of the molecule is CCc1nc(C)cc(N[C@@H]2CCC(=O)N[C@H]2c2cncn2C)n1. The molecule has 3 heterocycles. The van der Waals surface area contributed by atoms with Crippen LogP contribution in [0, 0.1) is 6.92 Å². The highest BCUT2D eigenvalue weighted by Gasteiger charge is 2.31. The lowest BCUT2D eigenvalue weighted by atomic mass is 9.95. The number of carbonyl (C=O) groups excluding carboxylic acids is 1. The van der Waals surface area contributed by atoms with E-state index >= 15 is 0 Å². The monoisotopic (exact) mass is 314 g/mol. The van der Waals surface area contributed by atoms with Gasteiger partial charge >= 0.3 is 0 Å². The number of aromatic nitrogens is 4. The van der Waals surface area contributed by atoms with Crippen molar-refractivity contribution in [3.05, 3.63) is 35.8 Å². The van der Waals surface area contributed by atoms with E-state index in [0.29, 0.717) is 6.42 Å². The fourth-order valence-corrected chi connectivity index (χ4v) is 2.95. The smallest absolute Gasteiger partial charge is 0.220 e. The van der Waals surface area contributed by atoms with Crippen LogP contribution in [0.1, 0.15) is 43.0 Å². The second-order valence-electron chi connectivity index (χ2n) is 5.93. The molecule has 0 bridgehead atoms. The summed E-state index contributed by atoms with van der Waals surface area (Å²) in [5, 5.41) is 6.54. The molecular weight excluding hydrogens is 292 g/mol. The molecule has 3 rings (SSSR count). The van der Waals surface area contributed by atoms with Crippen LogP contribution >= 0.6 is 0 Å². The molecule has 1 fully saturated rings. The molecular formula is C16H22N6O. The Labute approximate surface area is 135 Å². The van der Waals surface area contributed by atoms with Gasteiger partial charge in [-0.15, -0.1) is 0 Å². The van der Waals surface area contributed by atoms with Gasteiger partial charge in [0.05, 0.1) is 30.3 Å². The Morgan fingerprint density at radius 2 is 2.26 bits per heavy atom. The zero-order chi connectivity index (χ0) is 16.4. The van der Waals surface area contributed by atoms with Crippen molar-refractivity contribution in [3.8, 4) is 0 Å². The third-order valence-corrected chi connectivity index (χ3v) is 4.12. The third-order valence-electron chi connectivity index (χ3n) is 4.12. The Kier molecular flexibility index (Phi) is 4.27. The van der Waals surface area contributed by atoms with Crippen molar-refractivity contribution < 1.29 is 4.79 Å². The molecule has 1 aliphatic heterocycles. The molecule has 0 aromatic carbocycles. The van der Waals surface area contributed by atoms with Crippen LogP contribution < -0.4 is 10.6 Å². The van der Waals surface area contributed by atoms with E-state index in [-0.39, 0.29) is 18.0 Å². The molecule has 122 valence electrons. The first-order valence-electron chi connectivity index (χ1n) is 7.93. The van der Waals surface area contributed by atoms with Crippen molar-refractivity contribution in [1.82, 2.24) is 24.8 Å². The van der Waals surface area contributed by atoms with Crippen molar-refractivity contribution in [1.29, 1.82) is 0 Å². The quantitative estimate of drug-likeness (QED) is 0.893. The van der Waals surface area contributed by atoms with E-state index in [9.17, 15) is 4.79 Å². The van der Waals surface area contributed by atoms with E-state index < -0.39 is 0 Å². The zero-order valence-corrected chi connectivity index (χ0v) is 13.7. The highest BCUT2D eigenvalue weighted by molar-refractivity contribution is 5.77. The van der Waals surface area contributed by atoms with Gasteiger partial charge in [-0.3, -0.25) is 4.79 Å². The number of hydrogen-bond acceptors (Lipinski definition) is 5. The van der Waals surface area contributed by atoms with Crippen LogP contribution in [0.5, 0.6) is 0 Å². The van der Waals surface area contributed by atoms with Crippen molar-refractivity contribution >= 4 is 11.7 Å². The number of rotatable bonds is 4. The number of hydrogen-bond donors (Lipinski definition) is 2. The summed E-state index contributed by atoms with van der Waals surface area (Å²) in [6.07, 6.45) is 5.61. The first-order chi connectivity index (χ1) is 11.1. The van der Waals surface area contributed by atoms with E-state index in [4.69, 9.17) is 0 Å². The van der Waals surface area contributed by atoms with Crippen LogP contribution in [0.4, 0.5) is 5.82 Å². The number of piperidine rings is 1. The van der Waals surface area contributed by atoms with E-state index in [1.807, 2.05) is 31.5 Å². The van der Waals surface area contributed by atoms with Crippen molar-refractivity contribution in [2.75, 3.05) is 5.32 Å². The number of amides is 1. The Bertz CT molecular complexity index is 710. The molecule has 1 amide bonds. The van der Waals surface area contributed by atoms with Gasteiger partial charge in [-0.05, 0) is 13.3 Å². The lowest BCUT2D eigenvalue weighted by molar-refractivity contribution is -0.123. The molecule has 1 saturated heterocycles. The topological polar surface area (TPSA) is 84.7 Å². The lowest BCUT2D eigenvalue weighted by Gasteiger charge is -2.33. The maximum absolute atomic E-state index is 11.8. The van der Waals surface area contributed by atoms with Crippen LogP contribution in [0.2, 0.25) is 0 Å². The van der Waals surface area contributed by atoms with E-state index in [1.54, 1.807) is 12.5 Å². The average Bonchev–Trinajstić information content (AvgIpc) is 2.94. The van der Waals surface area contributed by atoms with Gasteiger partial charge < -0.3 is 15.2 Å². The number of carbonyl (C=O) groups is 1. The summed E-state index contributed by atoms with van der Waals surface area (Å²) in [5.74, 6) is 1.70. The summed E-state index contributed by atoms with van der Waals surface area (Å²) in [6.45, 7) is 4.01. The van der Waals surface area contributed by atoms with Crippen LogP contribution in [0.25, 0.3) is 0 Å². The first kappa shape index (κ1) is 15.5. The highest BCUT2D eigenvalue weighted by atomic mass is 16.1. The van der Waals surface area contributed by atoms with Crippen LogP contribution in [0.15, 0.2) is 18.6 Å². The zero-order valence-electron chi connectivity index (χ0n) is 13.7. The highest BCUT2D eigenvalue weighted by Crippen LogP contribution is 2.26. The minimum absolute atomic E-state index is 0.0714. The van der Waals surface area contributed by atoms with Gasteiger partial charge in [-0.25, -0.2) is 15.0 Å². The summed E-state index contributed by atoms with van der Waals surface area (Å²) < 4.78 is 1.94. The molecule has 1 aliphatic rings. The Morgan fingerprint density at radius 3 is 2.96 bits per heavy atom. The molecule has 2 aromatic rings. The maximum atomic E-state index is 11.8. The molecule has 2 N–H and O–H groups in total. The summed E-state index contributed by atoms with van der Waals surface area (Å²) in [5.41, 5.74) is 1.92. The number of imidazole rings is 1. The summed E-state index contributed by atoms with van der Waals surface area (Å²) in [7, 11) is 1.93. The van der Waals surface area contributed by atoms with Crippen LogP contribution in [0.3, 0.4) is 0 Å². The van der Waals surface area contributed by atoms with Crippen molar-refractivity contribution in [2.24, 2.45) is 7.05 Å². The van der Waals surface area contributed by atoms with Crippen LogP contribution in [-0.2, 0) is 18.3 Å². The Balaban J connectivity index is 1.86. The average molecular weight is 314 g/mol. The van der Waals surface area contributed by atoms with E-state index in [2.05, 4.69) is 25.6 Å². The maximum Gasteiger partial charge on any atom is 0.220 e. The van der Waals surface area contributed by atoms with Crippen molar-refractivity contribution in [2.45, 2.75) is 45.2 Å². The molecule has 0 unspecified atom stereocenters. The summed E-state index contributed by atoms with van der Waals surface area (Å²) in [4.78, 5) is 25.0. The lowest BCUT2D eigenvalue weighted by Crippen LogP contribution is -2.45. The minimum Gasteiger partial charge on any atom is -0.365 e. The number of nitrogens with zero attached hydrogens (tertiary/aromatic N) is 4. The molecule has 7 heteroatoms. The fourth-order valence-electron chi connectivity index (χ4n) is 2.95. The fraction of sp³-hybridized carbons (Fsp3) is 0.500. The second kappa shape index (κ2) is 6.36. The third kappa shape index (κ3) is 3.33. The number of anilines is 1. The van der Waals surface area contributed by atoms with Gasteiger partial charge in [-0.2, -0.15) is 0 Å². The molecule has 0 aliphatic carbocycles. The Hall–Kier alpha value is -2.44. The summed E-state index contributed by atoms with van der Waals surface area (Å²) >= 11 is 0. The molecule has 23 heavy (non-hydrogen) atoms. The molecule has 0 spiro atoms. The number of aryl methyl sites for hydroxylation is 3. The van der Waals surface area contributed by atoms with Gasteiger partial charge in [0.15, 0.2) is 0 Å². The van der Waals surface area contributed by atoms with Gasteiger partial charge in [0, 0.05) is 31.6 Å². The molecule has 2 atom stereocenters. The van der Waals surface area contributed by atoms with Crippen LogP contribution in [-0.4, -0.2) is 31.5 Å². The van der Waals surface area contributed by atoms with E-state index in [1.165, 1.54) is 0 Å². The van der Waals surface area contributed by atoms with Gasteiger partial charge in [0.2, 0.25) is 5.91 Å². The predicted octanol–water partition coefficient (Wildman–Crippen LogP) is 1.51. The molecule has 7 nitrogen and oxygen atoms in total. The second-order valence-corrected chi connectivity index (χ2v) is 5.93. The largest absolute Gasteiger partial charge is 0.365 e. The van der Waals surface area contributed by atoms with Crippen molar-refractivity contribution in [3.63, 3.8) is 0 Å². The van der Waals surface area contributed by atoms with Gasteiger partial charge in [0.25, 0.3) is 0 Å². The number of nitrogens with one attached hydrogen (secondary N) is 2. The van der Waals surface area contributed by atoms with Gasteiger partial charge in [-0.1, -0.05) is 6.92 Å².